The average molecular weight is 219 g/mol. The number of aromatic nitrogens is 1. The molecule has 0 aliphatic heterocycles. The van der Waals surface area contributed by atoms with Crippen LogP contribution in [0.15, 0.2) is 12.1 Å². The number of carboxylic acid groups (broad SMARTS) is 1. The van der Waals surface area contributed by atoms with E-state index in [4.69, 9.17) is 4.74 Å². The summed E-state index contributed by atoms with van der Waals surface area (Å²) in [6.45, 7) is 3.83. The lowest BCUT2D eigenvalue weighted by Gasteiger charge is -2.06. The number of hydrogen-bond acceptors (Lipinski definition) is 2. The van der Waals surface area contributed by atoms with Gasteiger partial charge in [0.05, 0.1) is 7.11 Å². The van der Waals surface area contributed by atoms with Gasteiger partial charge in [-0.1, -0.05) is 0 Å². The molecule has 0 aliphatic rings. The number of benzene rings is 1. The molecule has 0 aliphatic carbocycles. The van der Waals surface area contributed by atoms with Crippen LogP contribution in [0.5, 0.6) is 5.75 Å². The molecule has 16 heavy (non-hydrogen) atoms. The summed E-state index contributed by atoms with van der Waals surface area (Å²) in [6, 6.07) is 3.50. The number of aryl methyl sites for hydroxylation is 2. The standard InChI is InChI=1S/C12H13NO3/c1-6-7(2)13-8-4-5-9(16-3)11(10(6)8)12(14)15/h4-5,13H,1-3H3,(H,14,15). The van der Waals surface area contributed by atoms with Crippen molar-refractivity contribution in [2.24, 2.45) is 0 Å². The van der Waals surface area contributed by atoms with Gasteiger partial charge in [0, 0.05) is 16.6 Å². The van der Waals surface area contributed by atoms with Crippen LogP contribution < -0.4 is 4.74 Å². The molecule has 1 heterocycles. The first-order chi connectivity index (χ1) is 7.56. The van der Waals surface area contributed by atoms with Crippen LogP contribution in [0.4, 0.5) is 0 Å². The Balaban J connectivity index is 2.93. The molecule has 2 N–H and O–H groups in total. The Hall–Kier alpha value is -1.97. The van der Waals surface area contributed by atoms with Crippen molar-refractivity contribution in [1.82, 2.24) is 4.98 Å². The van der Waals surface area contributed by atoms with Gasteiger partial charge < -0.3 is 14.8 Å². The Labute approximate surface area is 92.9 Å². The second-order valence-corrected chi connectivity index (χ2v) is 3.75. The van der Waals surface area contributed by atoms with Crippen LogP contribution in [-0.4, -0.2) is 23.2 Å². The number of nitrogens with one attached hydrogen (secondary N) is 1. The van der Waals surface area contributed by atoms with E-state index < -0.39 is 5.97 Å². The quantitative estimate of drug-likeness (QED) is 0.815. The molecule has 0 amide bonds. The van der Waals surface area contributed by atoms with Gasteiger partial charge in [-0.3, -0.25) is 0 Å². The van der Waals surface area contributed by atoms with Gasteiger partial charge >= 0.3 is 5.97 Å². The van der Waals surface area contributed by atoms with Crippen molar-refractivity contribution in [2.75, 3.05) is 7.11 Å². The van der Waals surface area contributed by atoms with Crippen molar-refractivity contribution in [3.63, 3.8) is 0 Å². The zero-order valence-electron chi connectivity index (χ0n) is 9.42. The van der Waals surface area contributed by atoms with E-state index in [-0.39, 0.29) is 5.56 Å². The van der Waals surface area contributed by atoms with Crippen LogP contribution in [-0.2, 0) is 0 Å². The Morgan fingerprint density at radius 3 is 2.62 bits per heavy atom. The van der Waals surface area contributed by atoms with E-state index in [1.165, 1.54) is 7.11 Å². The van der Waals surface area contributed by atoms with E-state index in [9.17, 15) is 9.90 Å². The van der Waals surface area contributed by atoms with E-state index in [1.807, 2.05) is 19.9 Å². The van der Waals surface area contributed by atoms with Crippen LogP contribution in [0.3, 0.4) is 0 Å². The molecule has 0 saturated heterocycles. The van der Waals surface area contributed by atoms with E-state index in [2.05, 4.69) is 4.98 Å². The Bertz CT molecular complexity index is 569. The molecule has 2 rings (SSSR count). The largest absolute Gasteiger partial charge is 0.496 e. The topological polar surface area (TPSA) is 62.3 Å². The highest BCUT2D eigenvalue weighted by atomic mass is 16.5. The van der Waals surface area contributed by atoms with Crippen LogP contribution in [0.1, 0.15) is 21.6 Å². The number of carboxylic acids is 1. The van der Waals surface area contributed by atoms with E-state index in [0.717, 1.165) is 22.2 Å². The molecule has 0 radical (unpaired) electrons. The first-order valence-corrected chi connectivity index (χ1v) is 4.95. The van der Waals surface area contributed by atoms with Crippen molar-refractivity contribution < 1.29 is 14.6 Å². The van der Waals surface area contributed by atoms with Crippen molar-refractivity contribution in [2.45, 2.75) is 13.8 Å². The van der Waals surface area contributed by atoms with E-state index in [0.29, 0.717) is 5.75 Å². The molecule has 2 aromatic rings. The lowest BCUT2D eigenvalue weighted by Crippen LogP contribution is -2.01. The van der Waals surface area contributed by atoms with Crippen molar-refractivity contribution in [1.29, 1.82) is 0 Å². The van der Waals surface area contributed by atoms with E-state index in [1.54, 1.807) is 6.07 Å². The number of aromatic amines is 1. The highest BCUT2D eigenvalue weighted by Gasteiger charge is 2.18. The maximum Gasteiger partial charge on any atom is 0.340 e. The summed E-state index contributed by atoms with van der Waals surface area (Å²) in [5, 5.41) is 9.96. The summed E-state index contributed by atoms with van der Waals surface area (Å²) in [5.74, 6) is -0.577. The first kappa shape index (κ1) is 10.5. The molecule has 0 atom stereocenters. The minimum absolute atomic E-state index is 0.224. The Kier molecular flexibility index (Phi) is 2.34. The molecule has 84 valence electrons. The van der Waals surface area contributed by atoms with Gasteiger partial charge in [0.25, 0.3) is 0 Å². The number of rotatable bonds is 2. The summed E-state index contributed by atoms with van der Waals surface area (Å²) in [7, 11) is 1.47. The molecular weight excluding hydrogens is 206 g/mol. The molecule has 0 spiro atoms. The molecule has 0 unspecified atom stereocenters. The van der Waals surface area contributed by atoms with Crippen LogP contribution in [0.25, 0.3) is 10.9 Å². The summed E-state index contributed by atoms with van der Waals surface area (Å²) < 4.78 is 5.08. The van der Waals surface area contributed by atoms with E-state index >= 15 is 0 Å². The summed E-state index contributed by atoms with van der Waals surface area (Å²) >= 11 is 0. The average Bonchev–Trinajstić information content (AvgIpc) is 2.53. The smallest absolute Gasteiger partial charge is 0.340 e. The maximum atomic E-state index is 11.3. The molecule has 1 aromatic heterocycles. The van der Waals surface area contributed by atoms with Gasteiger partial charge in [-0.25, -0.2) is 4.79 Å². The highest BCUT2D eigenvalue weighted by molar-refractivity contribution is 6.07. The zero-order valence-corrected chi connectivity index (χ0v) is 9.42. The summed E-state index contributed by atoms with van der Waals surface area (Å²) in [4.78, 5) is 14.4. The fourth-order valence-electron chi connectivity index (χ4n) is 1.94. The van der Waals surface area contributed by atoms with Crippen LogP contribution in [0.2, 0.25) is 0 Å². The van der Waals surface area contributed by atoms with Gasteiger partial charge in [-0.15, -0.1) is 0 Å². The fourth-order valence-corrected chi connectivity index (χ4v) is 1.94. The molecule has 1 aromatic carbocycles. The van der Waals surface area contributed by atoms with Crippen molar-refractivity contribution >= 4 is 16.9 Å². The third kappa shape index (κ3) is 1.34. The molecule has 4 nitrogen and oxygen atoms in total. The van der Waals surface area contributed by atoms with Crippen molar-refractivity contribution in [3.05, 3.63) is 29.0 Å². The number of methoxy groups -OCH3 is 1. The molecule has 0 fully saturated rings. The second kappa shape index (κ2) is 3.56. The zero-order chi connectivity index (χ0) is 11.9. The molecule has 0 saturated carbocycles. The lowest BCUT2D eigenvalue weighted by molar-refractivity contribution is 0.0695. The van der Waals surface area contributed by atoms with Gasteiger partial charge in [0.1, 0.15) is 11.3 Å². The van der Waals surface area contributed by atoms with Gasteiger partial charge in [0.15, 0.2) is 0 Å². The van der Waals surface area contributed by atoms with Crippen LogP contribution >= 0.6 is 0 Å². The monoisotopic (exact) mass is 219 g/mol. The van der Waals surface area contributed by atoms with Gasteiger partial charge in [-0.05, 0) is 31.5 Å². The molecular formula is C12H13NO3. The maximum absolute atomic E-state index is 11.3. The first-order valence-electron chi connectivity index (χ1n) is 4.95. The van der Waals surface area contributed by atoms with Gasteiger partial charge in [-0.2, -0.15) is 0 Å². The predicted octanol–water partition coefficient (Wildman–Crippen LogP) is 2.49. The minimum Gasteiger partial charge on any atom is -0.496 e. The minimum atomic E-state index is -0.968. The SMILES string of the molecule is COc1ccc2[nH]c(C)c(C)c2c1C(=O)O. The third-order valence-corrected chi connectivity index (χ3v) is 2.86. The van der Waals surface area contributed by atoms with Crippen molar-refractivity contribution in [3.8, 4) is 5.75 Å². The highest BCUT2D eigenvalue weighted by Crippen LogP contribution is 2.31. The number of carbonyl (C=O) groups is 1. The number of H-pyrrole nitrogens is 1. The van der Waals surface area contributed by atoms with Crippen LogP contribution in [0, 0.1) is 13.8 Å². The molecule has 4 heteroatoms. The lowest BCUT2D eigenvalue weighted by atomic mass is 10.0. The molecule has 0 bridgehead atoms. The summed E-state index contributed by atoms with van der Waals surface area (Å²) in [6.07, 6.45) is 0. The Morgan fingerprint density at radius 2 is 2.06 bits per heavy atom. The third-order valence-electron chi connectivity index (χ3n) is 2.86. The Morgan fingerprint density at radius 1 is 1.38 bits per heavy atom. The number of ether oxygens (including phenoxy) is 1. The predicted molar refractivity (Wildman–Crippen MR) is 61.3 cm³/mol. The fraction of sp³-hybridized carbons (Fsp3) is 0.250. The summed E-state index contributed by atoms with van der Waals surface area (Å²) in [5.41, 5.74) is 2.98. The number of aromatic carboxylic acids is 1. The second-order valence-electron chi connectivity index (χ2n) is 3.75. The normalized spacial score (nSPS) is 10.7. The van der Waals surface area contributed by atoms with Gasteiger partial charge in [0.2, 0.25) is 0 Å². The number of fused-ring (bicyclic) bond motifs is 1. The number of hydrogen-bond donors (Lipinski definition) is 2.